The zero-order valence-electron chi connectivity index (χ0n) is 31.2. The molecule has 0 saturated carbocycles. The van der Waals surface area contributed by atoms with Crippen molar-refractivity contribution >= 4 is 87.5 Å². The molecule has 4 aromatic heterocycles. The van der Waals surface area contributed by atoms with Gasteiger partial charge in [0.25, 0.3) is 0 Å². The third kappa shape index (κ3) is 4.51. The Hall–Kier alpha value is -7.82. The largest absolute Gasteiger partial charge is 0.456 e. The van der Waals surface area contributed by atoms with Gasteiger partial charge in [-0.05, 0) is 95.1 Å². The molecule has 4 heterocycles. The highest BCUT2D eigenvalue weighted by atomic mass is 16.3. The van der Waals surface area contributed by atoms with Gasteiger partial charge in [-0.1, -0.05) is 121 Å². The van der Waals surface area contributed by atoms with Gasteiger partial charge in [-0.25, -0.2) is 0 Å². The van der Waals surface area contributed by atoms with Gasteiger partial charge in [0.2, 0.25) is 0 Å². The van der Waals surface area contributed by atoms with Crippen molar-refractivity contribution in [3.8, 4) is 33.6 Å². The first-order valence-corrected chi connectivity index (χ1v) is 19.7. The second-order valence-corrected chi connectivity index (χ2v) is 15.3. The Kier molecular flexibility index (Phi) is 6.41. The maximum Gasteiger partial charge on any atom is 0.136 e. The summed E-state index contributed by atoms with van der Waals surface area (Å²) in [4.78, 5) is 0. The van der Waals surface area contributed by atoms with Gasteiger partial charge in [-0.2, -0.15) is 0 Å². The van der Waals surface area contributed by atoms with Crippen molar-refractivity contribution in [1.82, 2.24) is 9.13 Å². The maximum absolute atomic E-state index is 6.28. The summed E-state index contributed by atoms with van der Waals surface area (Å²) in [5.41, 5.74) is 15.4. The predicted octanol–water partition coefficient (Wildman–Crippen LogP) is 15.0. The maximum atomic E-state index is 6.28. The normalized spacial score (nSPS) is 12.1. The van der Waals surface area contributed by atoms with E-state index in [1.165, 1.54) is 65.9 Å². The second-order valence-electron chi connectivity index (χ2n) is 15.3. The molecule has 58 heavy (non-hydrogen) atoms. The molecule has 0 amide bonds. The number of hydrogen-bond donors (Lipinski definition) is 0. The summed E-state index contributed by atoms with van der Waals surface area (Å²) in [6, 6.07) is 69.6. The average molecular weight is 741 g/mol. The number of fused-ring (bicyclic) bond motifs is 12. The predicted molar refractivity (Wildman–Crippen MR) is 241 cm³/mol. The van der Waals surface area contributed by atoms with Crippen molar-refractivity contribution < 1.29 is 8.83 Å². The molecule has 0 bridgehead atoms. The number of hydrogen-bond acceptors (Lipinski definition) is 2. The Morgan fingerprint density at radius 1 is 0.241 bits per heavy atom. The molecule has 0 saturated heterocycles. The zero-order valence-corrected chi connectivity index (χ0v) is 31.2. The van der Waals surface area contributed by atoms with Crippen molar-refractivity contribution in [3.05, 3.63) is 194 Å². The number of para-hydroxylation sites is 4. The van der Waals surface area contributed by atoms with Crippen LogP contribution in [0.1, 0.15) is 0 Å². The van der Waals surface area contributed by atoms with Crippen molar-refractivity contribution in [2.45, 2.75) is 0 Å². The van der Waals surface area contributed by atoms with Crippen LogP contribution in [0.3, 0.4) is 0 Å². The summed E-state index contributed by atoms with van der Waals surface area (Å²) in [7, 11) is 0. The van der Waals surface area contributed by atoms with Crippen LogP contribution in [0.25, 0.3) is 121 Å². The van der Waals surface area contributed by atoms with E-state index >= 15 is 0 Å². The highest BCUT2D eigenvalue weighted by molar-refractivity contribution is 6.18. The molecule has 0 spiro atoms. The summed E-state index contributed by atoms with van der Waals surface area (Å²) < 4.78 is 17.3. The molecule has 13 aromatic rings. The molecule has 0 fully saturated rings. The molecule has 0 aliphatic carbocycles. The molecule has 0 unspecified atom stereocenters. The number of aromatic nitrogens is 2. The summed E-state index contributed by atoms with van der Waals surface area (Å²) in [5, 5.41) is 9.35. The van der Waals surface area contributed by atoms with Crippen molar-refractivity contribution in [3.63, 3.8) is 0 Å². The molecule has 13 rings (SSSR count). The first kappa shape index (κ1) is 31.4. The van der Waals surface area contributed by atoms with E-state index in [2.05, 4.69) is 179 Å². The monoisotopic (exact) mass is 740 g/mol. The summed E-state index contributed by atoms with van der Waals surface area (Å²) in [6.07, 6.45) is 0. The van der Waals surface area contributed by atoms with Crippen molar-refractivity contribution in [2.75, 3.05) is 0 Å². The minimum Gasteiger partial charge on any atom is -0.456 e. The minimum atomic E-state index is 0.915. The first-order valence-electron chi connectivity index (χ1n) is 19.7. The standard InChI is InChI=1S/C54H32N2O2/c1-5-13-47-39(9-1)43-31-53-45(41-11-3-7-15-51(41)57-53)29-49(43)55(47)37-25-21-35(22-26-37)33-17-19-34(20-18-33)36-23-27-38(28-24-36)56-48-14-6-2-10-40(48)44-32-54-46(30-50(44)56)42-12-4-8-16-52(42)58-54/h1-32H. The Morgan fingerprint density at radius 3 is 1.00 bits per heavy atom. The van der Waals surface area contributed by atoms with Gasteiger partial charge in [-0.15, -0.1) is 0 Å². The molecule has 0 atom stereocenters. The quantitative estimate of drug-likeness (QED) is 0.180. The Balaban J connectivity index is 0.838. The van der Waals surface area contributed by atoms with E-state index < -0.39 is 0 Å². The second kappa shape index (κ2) is 11.8. The van der Waals surface area contributed by atoms with Gasteiger partial charge >= 0.3 is 0 Å². The van der Waals surface area contributed by atoms with Crippen LogP contribution in [0.4, 0.5) is 0 Å². The van der Waals surface area contributed by atoms with Gasteiger partial charge in [0.1, 0.15) is 22.3 Å². The highest BCUT2D eigenvalue weighted by Crippen LogP contribution is 2.40. The highest BCUT2D eigenvalue weighted by Gasteiger charge is 2.18. The lowest BCUT2D eigenvalue weighted by atomic mass is 10.00. The molecule has 0 aliphatic rings. The third-order valence-corrected chi connectivity index (χ3v) is 12.1. The lowest BCUT2D eigenvalue weighted by Gasteiger charge is -2.11. The number of furan rings is 2. The lowest BCUT2D eigenvalue weighted by molar-refractivity contribution is 0.669. The first-order chi connectivity index (χ1) is 28.7. The molecule has 9 aromatic carbocycles. The van der Waals surface area contributed by atoms with Crippen LogP contribution in [-0.2, 0) is 0 Å². The van der Waals surface area contributed by atoms with E-state index in [9.17, 15) is 0 Å². The molecule has 0 N–H and O–H groups in total. The van der Waals surface area contributed by atoms with E-state index in [0.717, 1.165) is 55.3 Å². The van der Waals surface area contributed by atoms with E-state index in [-0.39, 0.29) is 0 Å². The van der Waals surface area contributed by atoms with Crippen LogP contribution in [0.5, 0.6) is 0 Å². The molecular weight excluding hydrogens is 709 g/mol. The molecular formula is C54H32N2O2. The number of rotatable bonds is 4. The Bertz CT molecular complexity index is 3510. The molecule has 0 radical (unpaired) electrons. The summed E-state index contributed by atoms with van der Waals surface area (Å²) in [5.74, 6) is 0. The van der Waals surface area contributed by atoms with Gasteiger partial charge in [0.15, 0.2) is 0 Å². The molecule has 0 aliphatic heterocycles. The fourth-order valence-electron chi connectivity index (χ4n) is 9.39. The van der Waals surface area contributed by atoms with Crippen LogP contribution in [0, 0.1) is 0 Å². The topological polar surface area (TPSA) is 36.1 Å². The van der Waals surface area contributed by atoms with Crippen molar-refractivity contribution in [1.29, 1.82) is 0 Å². The van der Waals surface area contributed by atoms with Gasteiger partial charge < -0.3 is 18.0 Å². The molecule has 4 heteroatoms. The van der Waals surface area contributed by atoms with Crippen LogP contribution >= 0.6 is 0 Å². The summed E-state index contributed by atoms with van der Waals surface area (Å²) >= 11 is 0. The average Bonchev–Trinajstić information content (AvgIpc) is 4.02. The zero-order chi connectivity index (χ0) is 37.9. The van der Waals surface area contributed by atoms with E-state index in [4.69, 9.17) is 8.83 Å². The van der Waals surface area contributed by atoms with Gasteiger partial charge in [-0.3, -0.25) is 0 Å². The number of nitrogens with zero attached hydrogens (tertiary/aromatic N) is 2. The Labute approximate surface area is 332 Å². The fourth-order valence-corrected chi connectivity index (χ4v) is 9.39. The SMILES string of the molecule is c1ccc2c(c1)oc1cc3c4ccccc4n(-c4ccc(-c5ccc(-c6ccc(-n7c8ccccc8c8cc9oc%10ccccc%10c9cc87)cc6)cc5)cc4)c3cc12. The van der Waals surface area contributed by atoms with Gasteiger partial charge in [0.05, 0.1) is 22.1 Å². The van der Waals surface area contributed by atoms with E-state index in [0.29, 0.717) is 0 Å². The van der Waals surface area contributed by atoms with Crippen LogP contribution in [0.15, 0.2) is 203 Å². The Morgan fingerprint density at radius 2 is 0.586 bits per heavy atom. The van der Waals surface area contributed by atoms with Gasteiger partial charge in [0, 0.05) is 54.5 Å². The molecule has 270 valence electrons. The van der Waals surface area contributed by atoms with Crippen LogP contribution in [-0.4, -0.2) is 9.13 Å². The number of benzene rings is 9. The van der Waals surface area contributed by atoms with Crippen molar-refractivity contribution in [2.24, 2.45) is 0 Å². The fraction of sp³-hybridized carbons (Fsp3) is 0. The van der Waals surface area contributed by atoms with Crippen LogP contribution < -0.4 is 0 Å². The molecule has 4 nitrogen and oxygen atoms in total. The minimum absolute atomic E-state index is 0.915. The summed E-state index contributed by atoms with van der Waals surface area (Å²) in [6.45, 7) is 0. The third-order valence-electron chi connectivity index (χ3n) is 12.1. The van der Waals surface area contributed by atoms with E-state index in [1.807, 2.05) is 24.3 Å². The smallest absolute Gasteiger partial charge is 0.136 e. The lowest BCUT2D eigenvalue weighted by Crippen LogP contribution is -1.94. The van der Waals surface area contributed by atoms with E-state index in [1.54, 1.807) is 0 Å². The van der Waals surface area contributed by atoms with Crippen LogP contribution in [0.2, 0.25) is 0 Å².